The van der Waals surface area contributed by atoms with Crippen LogP contribution in [0.25, 0.3) is 0 Å². The molecular formula is C12H15F3N2. The third kappa shape index (κ3) is 3.20. The van der Waals surface area contributed by atoms with Gasteiger partial charge in [-0.3, -0.25) is 4.90 Å². The maximum atomic E-state index is 12.3. The van der Waals surface area contributed by atoms with E-state index in [9.17, 15) is 13.2 Å². The van der Waals surface area contributed by atoms with Crippen molar-refractivity contribution < 1.29 is 13.2 Å². The second-order valence-corrected chi connectivity index (χ2v) is 4.48. The Morgan fingerprint density at radius 2 is 1.88 bits per heavy atom. The predicted molar refractivity (Wildman–Crippen MR) is 59.3 cm³/mol. The van der Waals surface area contributed by atoms with Gasteiger partial charge in [0.05, 0.1) is 5.56 Å². The molecule has 1 fully saturated rings. The van der Waals surface area contributed by atoms with E-state index in [1.54, 1.807) is 0 Å². The molecule has 2 N–H and O–H groups in total. The smallest absolute Gasteiger partial charge is 0.326 e. The van der Waals surface area contributed by atoms with E-state index in [4.69, 9.17) is 5.73 Å². The van der Waals surface area contributed by atoms with Gasteiger partial charge in [-0.25, -0.2) is 0 Å². The molecule has 94 valence electrons. The monoisotopic (exact) mass is 244 g/mol. The highest BCUT2D eigenvalue weighted by atomic mass is 19.4. The fourth-order valence-electron chi connectivity index (χ4n) is 2.06. The highest BCUT2D eigenvalue weighted by Gasteiger charge is 2.30. The van der Waals surface area contributed by atoms with Gasteiger partial charge in [0.2, 0.25) is 0 Å². The van der Waals surface area contributed by atoms with Crippen LogP contribution in [0.4, 0.5) is 13.2 Å². The van der Waals surface area contributed by atoms with E-state index in [2.05, 4.69) is 4.90 Å². The number of halogens is 3. The Bertz CT molecular complexity index is 372. The summed E-state index contributed by atoms with van der Waals surface area (Å²) in [5, 5.41) is 0. The summed E-state index contributed by atoms with van der Waals surface area (Å²) in [4.78, 5) is 2.16. The molecule has 0 saturated carbocycles. The minimum absolute atomic E-state index is 0.199. The molecule has 1 aromatic carbocycles. The van der Waals surface area contributed by atoms with Gasteiger partial charge in [-0.2, -0.15) is 13.2 Å². The number of likely N-dealkylation sites (tertiary alicyclic amines) is 1. The maximum absolute atomic E-state index is 12.3. The normalized spacial score (nSPS) is 22.0. The van der Waals surface area contributed by atoms with Gasteiger partial charge >= 0.3 is 6.18 Å². The summed E-state index contributed by atoms with van der Waals surface area (Å²) in [6.07, 6.45) is -3.30. The van der Waals surface area contributed by atoms with Gasteiger partial charge in [-0.05, 0) is 24.1 Å². The fraction of sp³-hybridized carbons (Fsp3) is 0.500. The Morgan fingerprint density at radius 1 is 1.24 bits per heavy atom. The Labute approximate surface area is 98.2 Å². The van der Waals surface area contributed by atoms with Crippen LogP contribution in [0, 0.1) is 0 Å². The SMILES string of the molecule is N[C@H]1CCN(Cc2ccc(C(F)(F)F)cc2)C1. The zero-order chi connectivity index (χ0) is 12.5. The van der Waals surface area contributed by atoms with Crippen LogP contribution in [0.3, 0.4) is 0 Å². The van der Waals surface area contributed by atoms with Crippen molar-refractivity contribution in [3.8, 4) is 0 Å². The van der Waals surface area contributed by atoms with E-state index >= 15 is 0 Å². The Hall–Kier alpha value is -1.07. The first-order chi connectivity index (χ1) is 7.95. The Kier molecular flexibility index (Phi) is 3.40. The van der Waals surface area contributed by atoms with Crippen LogP contribution in [-0.2, 0) is 12.7 Å². The average molecular weight is 244 g/mol. The molecule has 1 aliphatic rings. The minimum atomic E-state index is -4.26. The van der Waals surface area contributed by atoms with E-state index in [1.165, 1.54) is 12.1 Å². The molecule has 1 aliphatic heterocycles. The lowest BCUT2D eigenvalue weighted by Crippen LogP contribution is -2.26. The van der Waals surface area contributed by atoms with Crippen LogP contribution in [0.5, 0.6) is 0 Å². The summed E-state index contributed by atoms with van der Waals surface area (Å²) < 4.78 is 37.0. The van der Waals surface area contributed by atoms with E-state index in [0.29, 0.717) is 6.54 Å². The van der Waals surface area contributed by atoms with Gasteiger partial charge in [0.15, 0.2) is 0 Å². The molecule has 5 heteroatoms. The highest BCUT2D eigenvalue weighted by molar-refractivity contribution is 5.24. The molecule has 0 aromatic heterocycles. The molecule has 0 aliphatic carbocycles. The summed E-state index contributed by atoms with van der Waals surface area (Å²) >= 11 is 0. The van der Waals surface area contributed by atoms with Crippen LogP contribution in [0.2, 0.25) is 0 Å². The number of alkyl halides is 3. The molecule has 0 spiro atoms. The van der Waals surface area contributed by atoms with Gasteiger partial charge in [0.1, 0.15) is 0 Å². The van der Waals surface area contributed by atoms with Gasteiger partial charge in [-0.15, -0.1) is 0 Å². The molecule has 0 amide bonds. The van der Waals surface area contributed by atoms with E-state index in [0.717, 1.165) is 37.2 Å². The summed E-state index contributed by atoms with van der Waals surface area (Å²) in [5.74, 6) is 0. The lowest BCUT2D eigenvalue weighted by atomic mass is 10.1. The van der Waals surface area contributed by atoms with Crippen molar-refractivity contribution in [1.82, 2.24) is 4.90 Å². The zero-order valence-corrected chi connectivity index (χ0v) is 9.37. The average Bonchev–Trinajstić information content (AvgIpc) is 2.63. The molecule has 2 nitrogen and oxygen atoms in total. The van der Waals surface area contributed by atoms with Gasteiger partial charge in [0, 0.05) is 25.7 Å². The molecule has 2 rings (SSSR count). The van der Waals surface area contributed by atoms with Crippen LogP contribution in [-0.4, -0.2) is 24.0 Å². The van der Waals surface area contributed by atoms with E-state index < -0.39 is 11.7 Å². The number of nitrogens with zero attached hydrogens (tertiary/aromatic N) is 1. The van der Waals surface area contributed by atoms with Gasteiger partial charge in [-0.1, -0.05) is 12.1 Å². The van der Waals surface area contributed by atoms with Gasteiger partial charge in [0.25, 0.3) is 0 Å². The van der Waals surface area contributed by atoms with E-state index in [1.807, 2.05) is 0 Å². The third-order valence-corrected chi connectivity index (χ3v) is 3.00. The first kappa shape index (κ1) is 12.4. The summed E-state index contributed by atoms with van der Waals surface area (Å²) in [6, 6.07) is 5.53. The number of benzene rings is 1. The van der Waals surface area contributed by atoms with Crippen molar-refractivity contribution in [2.45, 2.75) is 25.2 Å². The van der Waals surface area contributed by atoms with Crippen molar-refractivity contribution in [3.05, 3.63) is 35.4 Å². The second-order valence-electron chi connectivity index (χ2n) is 4.48. The van der Waals surface area contributed by atoms with Crippen molar-refractivity contribution in [2.75, 3.05) is 13.1 Å². The van der Waals surface area contributed by atoms with Crippen molar-refractivity contribution in [2.24, 2.45) is 5.73 Å². The molecule has 1 heterocycles. The molecule has 0 unspecified atom stereocenters. The van der Waals surface area contributed by atoms with E-state index in [-0.39, 0.29) is 6.04 Å². The number of hydrogen-bond acceptors (Lipinski definition) is 2. The lowest BCUT2D eigenvalue weighted by Gasteiger charge is -2.15. The number of rotatable bonds is 2. The van der Waals surface area contributed by atoms with Crippen molar-refractivity contribution >= 4 is 0 Å². The molecular weight excluding hydrogens is 229 g/mol. The quantitative estimate of drug-likeness (QED) is 0.864. The molecule has 1 atom stereocenters. The summed E-state index contributed by atoms with van der Waals surface area (Å²) in [7, 11) is 0. The standard InChI is InChI=1S/C12H15F3N2/c13-12(14,15)10-3-1-9(2-4-10)7-17-6-5-11(16)8-17/h1-4,11H,5-8,16H2/t11-/m0/s1. The molecule has 0 radical (unpaired) electrons. The number of hydrogen-bond donors (Lipinski definition) is 1. The Morgan fingerprint density at radius 3 is 2.35 bits per heavy atom. The van der Waals surface area contributed by atoms with Crippen molar-refractivity contribution in [3.63, 3.8) is 0 Å². The first-order valence-electron chi connectivity index (χ1n) is 5.59. The lowest BCUT2D eigenvalue weighted by molar-refractivity contribution is -0.137. The minimum Gasteiger partial charge on any atom is -0.326 e. The Balaban J connectivity index is 1.99. The maximum Gasteiger partial charge on any atom is 0.416 e. The fourth-order valence-corrected chi connectivity index (χ4v) is 2.06. The summed E-state index contributed by atoms with van der Waals surface area (Å²) in [5.41, 5.74) is 6.07. The highest BCUT2D eigenvalue weighted by Crippen LogP contribution is 2.29. The van der Waals surface area contributed by atoms with Crippen LogP contribution < -0.4 is 5.73 Å². The molecule has 1 aromatic rings. The summed E-state index contributed by atoms with van der Waals surface area (Å²) in [6.45, 7) is 2.41. The molecule has 1 saturated heterocycles. The van der Waals surface area contributed by atoms with Crippen molar-refractivity contribution in [1.29, 1.82) is 0 Å². The first-order valence-corrected chi connectivity index (χ1v) is 5.59. The third-order valence-electron chi connectivity index (χ3n) is 3.00. The molecule has 0 bridgehead atoms. The van der Waals surface area contributed by atoms with Gasteiger partial charge < -0.3 is 5.73 Å². The van der Waals surface area contributed by atoms with Crippen LogP contribution in [0.15, 0.2) is 24.3 Å². The van der Waals surface area contributed by atoms with Crippen LogP contribution >= 0.6 is 0 Å². The topological polar surface area (TPSA) is 29.3 Å². The second kappa shape index (κ2) is 4.66. The predicted octanol–water partition coefficient (Wildman–Crippen LogP) is 2.24. The number of nitrogens with two attached hydrogens (primary N) is 1. The van der Waals surface area contributed by atoms with Crippen LogP contribution in [0.1, 0.15) is 17.5 Å². The largest absolute Gasteiger partial charge is 0.416 e. The molecule has 17 heavy (non-hydrogen) atoms. The zero-order valence-electron chi connectivity index (χ0n) is 9.37.